The summed E-state index contributed by atoms with van der Waals surface area (Å²) in [5, 5.41) is 2.81. The molecule has 0 radical (unpaired) electrons. The number of aromatic nitrogens is 1. The van der Waals surface area contributed by atoms with Crippen molar-refractivity contribution in [3.05, 3.63) is 57.2 Å². The van der Waals surface area contributed by atoms with Gasteiger partial charge in [0, 0.05) is 16.2 Å². The molecule has 0 aliphatic rings. The first kappa shape index (κ1) is 13.7. The van der Waals surface area contributed by atoms with Gasteiger partial charge < -0.3 is 5.32 Å². The Labute approximate surface area is 121 Å². The second-order valence-corrected chi connectivity index (χ2v) is 5.50. The van der Waals surface area contributed by atoms with Crippen LogP contribution in [0.2, 0.25) is 0 Å². The molecule has 2 aromatic rings. The minimum atomic E-state index is -0.138. The molecular formula is C15H15BrN2O. The number of hydrogen-bond acceptors (Lipinski definition) is 2. The number of hydrogen-bond donors (Lipinski definition) is 1. The topological polar surface area (TPSA) is 42.0 Å². The second-order valence-electron chi connectivity index (χ2n) is 4.65. The number of benzene rings is 1. The van der Waals surface area contributed by atoms with E-state index in [1.54, 1.807) is 6.20 Å². The summed E-state index contributed by atoms with van der Waals surface area (Å²) in [5.74, 6) is 0.422. The Morgan fingerprint density at radius 3 is 2.32 bits per heavy atom. The van der Waals surface area contributed by atoms with Crippen molar-refractivity contribution < 1.29 is 4.79 Å². The fourth-order valence-electron chi connectivity index (χ4n) is 1.90. The lowest BCUT2D eigenvalue weighted by Gasteiger charge is -2.07. The molecule has 4 heteroatoms. The smallest absolute Gasteiger partial charge is 0.256 e. The Morgan fingerprint density at radius 2 is 1.74 bits per heavy atom. The van der Waals surface area contributed by atoms with Crippen LogP contribution in [0.4, 0.5) is 5.82 Å². The molecule has 1 N–H and O–H groups in total. The number of carbonyl (C=O) groups excluding carboxylic acids is 1. The number of aryl methyl sites for hydroxylation is 3. The number of carbonyl (C=O) groups is 1. The third-order valence-corrected chi connectivity index (χ3v) is 3.60. The predicted octanol–water partition coefficient (Wildman–Crippen LogP) is 4.02. The van der Waals surface area contributed by atoms with E-state index in [-0.39, 0.29) is 5.91 Å². The second kappa shape index (κ2) is 5.53. The maximum absolute atomic E-state index is 12.2. The molecule has 2 rings (SSSR count). The Bertz CT molecular complexity index is 618. The average Bonchev–Trinajstić information content (AvgIpc) is 2.32. The van der Waals surface area contributed by atoms with Gasteiger partial charge in [-0.25, -0.2) is 4.98 Å². The van der Waals surface area contributed by atoms with E-state index in [4.69, 9.17) is 0 Å². The van der Waals surface area contributed by atoms with Crippen molar-refractivity contribution in [1.82, 2.24) is 4.98 Å². The van der Waals surface area contributed by atoms with Gasteiger partial charge in [-0.15, -0.1) is 0 Å². The maximum Gasteiger partial charge on any atom is 0.256 e. The van der Waals surface area contributed by atoms with Crippen molar-refractivity contribution >= 4 is 27.7 Å². The zero-order valence-electron chi connectivity index (χ0n) is 11.1. The van der Waals surface area contributed by atoms with Crippen molar-refractivity contribution in [2.75, 3.05) is 5.32 Å². The molecule has 0 saturated heterocycles. The van der Waals surface area contributed by atoms with Gasteiger partial charge in [0.1, 0.15) is 5.82 Å². The molecule has 0 spiro atoms. The van der Waals surface area contributed by atoms with E-state index in [9.17, 15) is 4.79 Å². The fourth-order valence-corrected chi connectivity index (χ4v) is 2.12. The Morgan fingerprint density at radius 1 is 1.11 bits per heavy atom. The van der Waals surface area contributed by atoms with Crippen LogP contribution >= 0.6 is 15.9 Å². The van der Waals surface area contributed by atoms with Crippen LogP contribution in [0.5, 0.6) is 0 Å². The van der Waals surface area contributed by atoms with E-state index in [2.05, 4.69) is 26.2 Å². The summed E-state index contributed by atoms with van der Waals surface area (Å²) in [4.78, 5) is 16.3. The molecule has 0 aliphatic heterocycles. The lowest BCUT2D eigenvalue weighted by Crippen LogP contribution is -2.13. The van der Waals surface area contributed by atoms with Crippen molar-refractivity contribution in [2.45, 2.75) is 20.8 Å². The average molecular weight is 319 g/mol. The van der Waals surface area contributed by atoms with E-state index in [1.807, 2.05) is 45.0 Å². The SMILES string of the molecule is Cc1cc(C)cc(C(=O)Nc2cc(C)c(Br)cn2)c1. The summed E-state index contributed by atoms with van der Waals surface area (Å²) < 4.78 is 0.928. The number of pyridine rings is 1. The quantitative estimate of drug-likeness (QED) is 0.908. The number of amides is 1. The van der Waals surface area contributed by atoms with E-state index >= 15 is 0 Å². The number of halogens is 1. The lowest BCUT2D eigenvalue weighted by atomic mass is 10.1. The summed E-state index contributed by atoms with van der Waals surface area (Å²) in [7, 11) is 0. The van der Waals surface area contributed by atoms with Crippen molar-refractivity contribution in [2.24, 2.45) is 0 Å². The van der Waals surface area contributed by atoms with Gasteiger partial charge in [-0.3, -0.25) is 4.79 Å². The van der Waals surface area contributed by atoms with Gasteiger partial charge in [-0.2, -0.15) is 0 Å². The highest BCUT2D eigenvalue weighted by Gasteiger charge is 2.08. The molecule has 3 nitrogen and oxygen atoms in total. The zero-order chi connectivity index (χ0) is 14.0. The molecule has 0 unspecified atom stereocenters. The van der Waals surface area contributed by atoms with E-state index in [0.29, 0.717) is 11.4 Å². The first-order chi connectivity index (χ1) is 8.95. The molecule has 1 aromatic carbocycles. The number of rotatable bonds is 2. The van der Waals surface area contributed by atoms with Crippen LogP contribution < -0.4 is 5.32 Å². The molecule has 0 saturated carbocycles. The van der Waals surface area contributed by atoms with Crippen LogP contribution in [0.15, 0.2) is 34.9 Å². The first-order valence-corrected chi connectivity index (χ1v) is 6.77. The van der Waals surface area contributed by atoms with Gasteiger partial charge in [0.05, 0.1) is 0 Å². The summed E-state index contributed by atoms with van der Waals surface area (Å²) >= 11 is 3.38. The Kier molecular flexibility index (Phi) is 4.00. The van der Waals surface area contributed by atoms with E-state index < -0.39 is 0 Å². The van der Waals surface area contributed by atoms with Crippen LogP contribution in [0.1, 0.15) is 27.0 Å². The highest BCUT2D eigenvalue weighted by Crippen LogP contribution is 2.18. The van der Waals surface area contributed by atoms with Crippen molar-refractivity contribution in [3.8, 4) is 0 Å². The minimum absolute atomic E-state index is 0.138. The standard InChI is InChI=1S/C15H15BrN2O/c1-9-4-10(2)6-12(5-9)15(19)18-14-7-11(3)13(16)8-17-14/h4-8H,1-3H3,(H,17,18,19). The van der Waals surface area contributed by atoms with Crippen LogP contribution in [-0.4, -0.2) is 10.9 Å². The Balaban J connectivity index is 2.22. The molecule has 0 bridgehead atoms. The molecule has 0 atom stereocenters. The molecule has 0 fully saturated rings. The zero-order valence-corrected chi connectivity index (χ0v) is 12.7. The molecule has 1 heterocycles. The molecule has 1 aromatic heterocycles. The van der Waals surface area contributed by atoms with Gasteiger partial charge in [0.15, 0.2) is 0 Å². The van der Waals surface area contributed by atoms with Gasteiger partial charge >= 0.3 is 0 Å². The third kappa shape index (κ3) is 3.41. The minimum Gasteiger partial charge on any atom is -0.307 e. The number of nitrogens with one attached hydrogen (secondary N) is 1. The monoisotopic (exact) mass is 318 g/mol. The number of anilines is 1. The first-order valence-electron chi connectivity index (χ1n) is 5.97. The largest absolute Gasteiger partial charge is 0.307 e. The summed E-state index contributed by atoms with van der Waals surface area (Å²) in [6, 6.07) is 7.62. The molecule has 1 amide bonds. The van der Waals surface area contributed by atoms with Gasteiger partial charge in [-0.1, -0.05) is 17.2 Å². The lowest BCUT2D eigenvalue weighted by molar-refractivity contribution is 0.102. The van der Waals surface area contributed by atoms with Crippen LogP contribution in [-0.2, 0) is 0 Å². The number of nitrogens with zero attached hydrogens (tertiary/aromatic N) is 1. The summed E-state index contributed by atoms with van der Waals surface area (Å²) in [6.07, 6.45) is 1.69. The van der Waals surface area contributed by atoms with Crippen LogP contribution in [0.25, 0.3) is 0 Å². The van der Waals surface area contributed by atoms with Crippen LogP contribution in [0.3, 0.4) is 0 Å². The molecule has 98 valence electrons. The molecule has 19 heavy (non-hydrogen) atoms. The van der Waals surface area contributed by atoms with E-state index in [1.165, 1.54) is 0 Å². The summed E-state index contributed by atoms with van der Waals surface area (Å²) in [5.41, 5.74) is 3.83. The van der Waals surface area contributed by atoms with Gasteiger partial charge in [0.25, 0.3) is 5.91 Å². The maximum atomic E-state index is 12.2. The highest BCUT2D eigenvalue weighted by molar-refractivity contribution is 9.10. The third-order valence-electron chi connectivity index (χ3n) is 2.77. The predicted molar refractivity (Wildman–Crippen MR) is 80.5 cm³/mol. The fraction of sp³-hybridized carbons (Fsp3) is 0.200. The highest BCUT2D eigenvalue weighted by atomic mass is 79.9. The molecular weight excluding hydrogens is 304 g/mol. The summed E-state index contributed by atoms with van der Waals surface area (Å²) in [6.45, 7) is 5.91. The van der Waals surface area contributed by atoms with Crippen LogP contribution in [0, 0.1) is 20.8 Å². The molecule has 0 aliphatic carbocycles. The van der Waals surface area contributed by atoms with Gasteiger partial charge in [-0.05, 0) is 60.5 Å². The Hall–Kier alpha value is -1.68. The van der Waals surface area contributed by atoms with Crippen molar-refractivity contribution in [3.63, 3.8) is 0 Å². The van der Waals surface area contributed by atoms with Crippen molar-refractivity contribution in [1.29, 1.82) is 0 Å². The normalized spacial score (nSPS) is 10.3. The van der Waals surface area contributed by atoms with E-state index in [0.717, 1.165) is 21.2 Å². The van der Waals surface area contributed by atoms with Gasteiger partial charge in [0.2, 0.25) is 0 Å².